The molecule has 0 aliphatic heterocycles. The molecule has 15 heavy (non-hydrogen) atoms. The fourth-order valence-corrected chi connectivity index (χ4v) is 1.74. The summed E-state index contributed by atoms with van der Waals surface area (Å²) >= 11 is 0. The second kappa shape index (κ2) is 3.08. The van der Waals surface area contributed by atoms with Crippen molar-refractivity contribution in [1.82, 2.24) is 4.98 Å². The zero-order chi connectivity index (χ0) is 11.2. The first kappa shape index (κ1) is 9.71. The van der Waals surface area contributed by atoms with E-state index in [1.54, 1.807) is 13.0 Å². The molecule has 0 unspecified atom stereocenters. The number of nitrogens with one attached hydrogen (secondary N) is 2. The lowest BCUT2D eigenvalue weighted by molar-refractivity contribution is 0.555. The molecule has 4 nitrogen and oxygen atoms in total. The van der Waals surface area contributed by atoms with Gasteiger partial charge >= 0.3 is 5.76 Å². The lowest BCUT2D eigenvalue weighted by Gasteiger charge is -2.07. The predicted octanol–water partition coefficient (Wildman–Crippen LogP) is 2.13. The molecular formula is C11H12N2O2. The molecule has 0 bridgehead atoms. The van der Waals surface area contributed by atoms with Gasteiger partial charge in [-0.05, 0) is 38.0 Å². The van der Waals surface area contributed by atoms with E-state index in [2.05, 4.69) is 4.98 Å². The summed E-state index contributed by atoms with van der Waals surface area (Å²) in [6, 6.07) is 1.73. The zero-order valence-electron chi connectivity index (χ0n) is 8.89. The third-order valence-electron chi connectivity index (χ3n) is 2.70. The van der Waals surface area contributed by atoms with Gasteiger partial charge in [-0.1, -0.05) is 0 Å². The van der Waals surface area contributed by atoms with E-state index in [0.29, 0.717) is 11.3 Å². The van der Waals surface area contributed by atoms with Crippen molar-refractivity contribution in [2.45, 2.75) is 20.8 Å². The Morgan fingerprint density at radius 3 is 2.67 bits per heavy atom. The Hall–Kier alpha value is -1.84. The summed E-state index contributed by atoms with van der Waals surface area (Å²) in [5, 5.41) is 7.62. The van der Waals surface area contributed by atoms with Gasteiger partial charge < -0.3 is 9.83 Å². The molecule has 0 fully saturated rings. The van der Waals surface area contributed by atoms with Crippen LogP contribution in [-0.2, 0) is 0 Å². The highest BCUT2D eigenvalue weighted by Gasteiger charge is 2.11. The highest BCUT2D eigenvalue weighted by molar-refractivity contribution is 6.01. The van der Waals surface area contributed by atoms with E-state index >= 15 is 0 Å². The first-order chi connectivity index (χ1) is 7.00. The molecule has 0 saturated carbocycles. The SMILES string of the molecule is CC(=N)c1cc2oc(=O)[nH]c2c(C)c1C. The van der Waals surface area contributed by atoms with E-state index in [1.807, 2.05) is 13.8 Å². The summed E-state index contributed by atoms with van der Waals surface area (Å²) in [5.41, 5.74) is 4.50. The van der Waals surface area contributed by atoms with Gasteiger partial charge in [-0.15, -0.1) is 0 Å². The van der Waals surface area contributed by atoms with Crippen molar-refractivity contribution in [2.24, 2.45) is 0 Å². The van der Waals surface area contributed by atoms with Gasteiger partial charge in [0.05, 0.1) is 5.52 Å². The molecule has 2 rings (SSSR count). The summed E-state index contributed by atoms with van der Waals surface area (Å²) in [5.74, 6) is -0.452. The molecule has 0 aliphatic carbocycles. The maximum absolute atomic E-state index is 11.1. The highest BCUT2D eigenvalue weighted by Crippen LogP contribution is 2.22. The molecule has 2 N–H and O–H groups in total. The van der Waals surface area contributed by atoms with Crippen LogP contribution in [0.4, 0.5) is 0 Å². The van der Waals surface area contributed by atoms with Gasteiger partial charge in [0.15, 0.2) is 5.58 Å². The number of aromatic amines is 1. The Labute approximate surface area is 86.4 Å². The minimum Gasteiger partial charge on any atom is -0.408 e. The molecule has 0 radical (unpaired) electrons. The largest absolute Gasteiger partial charge is 0.417 e. The van der Waals surface area contributed by atoms with Crippen molar-refractivity contribution in [3.05, 3.63) is 33.3 Å². The summed E-state index contributed by atoms with van der Waals surface area (Å²) < 4.78 is 4.99. The Bertz CT molecular complexity index is 605. The number of hydrogen-bond acceptors (Lipinski definition) is 3. The van der Waals surface area contributed by atoms with Crippen LogP contribution in [0.5, 0.6) is 0 Å². The van der Waals surface area contributed by atoms with Gasteiger partial charge in [0.1, 0.15) is 0 Å². The van der Waals surface area contributed by atoms with Crippen LogP contribution in [0.2, 0.25) is 0 Å². The Morgan fingerprint density at radius 2 is 2.07 bits per heavy atom. The number of aromatic nitrogens is 1. The summed E-state index contributed by atoms with van der Waals surface area (Å²) in [4.78, 5) is 13.7. The number of rotatable bonds is 1. The quantitative estimate of drug-likeness (QED) is 0.698. The van der Waals surface area contributed by atoms with Crippen LogP contribution in [0.15, 0.2) is 15.3 Å². The van der Waals surface area contributed by atoms with Gasteiger partial charge in [0.2, 0.25) is 0 Å². The monoisotopic (exact) mass is 204 g/mol. The van der Waals surface area contributed by atoms with E-state index in [9.17, 15) is 4.79 Å². The summed E-state index contributed by atoms with van der Waals surface area (Å²) in [6.07, 6.45) is 0. The first-order valence-corrected chi connectivity index (χ1v) is 4.69. The number of benzene rings is 1. The third kappa shape index (κ3) is 1.38. The highest BCUT2D eigenvalue weighted by atomic mass is 16.4. The standard InChI is InChI=1S/C11H12N2O2/c1-5-6(2)10-9(15-11(14)13-10)4-8(5)7(3)12/h4,12H,1-3H3,(H,13,14). The average Bonchev–Trinajstić information content (AvgIpc) is 2.52. The fraction of sp³-hybridized carbons (Fsp3) is 0.273. The minimum absolute atomic E-state index is 0.452. The van der Waals surface area contributed by atoms with Crippen LogP contribution < -0.4 is 5.76 Å². The predicted molar refractivity (Wildman–Crippen MR) is 58.8 cm³/mol. The van der Waals surface area contributed by atoms with Gasteiger partial charge in [-0.25, -0.2) is 4.79 Å². The van der Waals surface area contributed by atoms with Gasteiger partial charge in [0.25, 0.3) is 0 Å². The first-order valence-electron chi connectivity index (χ1n) is 4.69. The minimum atomic E-state index is -0.452. The summed E-state index contributed by atoms with van der Waals surface area (Å²) in [7, 11) is 0. The molecule has 0 saturated heterocycles. The number of H-pyrrole nitrogens is 1. The van der Waals surface area contributed by atoms with E-state index in [-0.39, 0.29) is 0 Å². The Kier molecular flexibility index (Phi) is 2.00. The van der Waals surface area contributed by atoms with Crippen molar-refractivity contribution < 1.29 is 4.42 Å². The maximum Gasteiger partial charge on any atom is 0.417 e. The van der Waals surface area contributed by atoms with Crippen molar-refractivity contribution in [2.75, 3.05) is 0 Å². The van der Waals surface area contributed by atoms with Crippen LogP contribution in [0, 0.1) is 19.3 Å². The number of oxazole rings is 1. The molecule has 0 amide bonds. The molecule has 1 aromatic heterocycles. The lowest BCUT2D eigenvalue weighted by Crippen LogP contribution is -1.99. The van der Waals surface area contributed by atoms with E-state index in [1.165, 1.54) is 0 Å². The molecule has 2 aromatic rings. The third-order valence-corrected chi connectivity index (χ3v) is 2.70. The molecule has 1 heterocycles. The van der Waals surface area contributed by atoms with E-state index in [4.69, 9.17) is 9.83 Å². The molecule has 0 atom stereocenters. The van der Waals surface area contributed by atoms with Crippen LogP contribution in [0.3, 0.4) is 0 Å². The fourth-order valence-electron chi connectivity index (χ4n) is 1.74. The molecule has 0 spiro atoms. The maximum atomic E-state index is 11.1. The topological polar surface area (TPSA) is 69.8 Å². The number of fused-ring (bicyclic) bond motifs is 1. The van der Waals surface area contributed by atoms with Crippen LogP contribution >= 0.6 is 0 Å². The normalized spacial score (nSPS) is 10.9. The molecule has 0 aliphatic rings. The number of hydrogen-bond donors (Lipinski definition) is 2. The summed E-state index contributed by atoms with van der Waals surface area (Å²) in [6.45, 7) is 5.57. The molecular weight excluding hydrogens is 192 g/mol. The van der Waals surface area contributed by atoms with Crippen molar-refractivity contribution >= 4 is 16.8 Å². The average molecular weight is 204 g/mol. The van der Waals surface area contributed by atoms with Gasteiger partial charge in [-0.3, -0.25) is 4.98 Å². The number of aryl methyl sites for hydroxylation is 1. The smallest absolute Gasteiger partial charge is 0.408 e. The molecule has 1 aromatic carbocycles. The van der Waals surface area contributed by atoms with Crippen molar-refractivity contribution in [1.29, 1.82) is 5.41 Å². The lowest BCUT2D eigenvalue weighted by atomic mass is 9.99. The second-order valence-corrected chi connectivity index (χ2v) is 3.69. The van der Waals surface area contributed by atoms with Crippen molar-refractivity contribution in [3.63, 3.8) is 0 Å². The van der Waals surface area contributed by atoms with Gasteiger partial charge in [0, 0.05) is 11.3 Å². The molecule has 78 valence electrons. The van der Waals surface area contributed by atoms with Gasteiger partial charge in [-0.2, -0.15) is 0 Å². The molecule has 4 heteroatoms. The zero-order valence-corrected chi connectivity index (χ0v) is 8.89. The Balaban J connectivity index is 2.93. The Morgan fingerprint density at radius 1 is 1.40 bits per heavy atom. The second-order valence-electron chi connectivity index (χ2n) is 3.69. The van der Waals surface area contributed by atoms with E-state index in [0.717, 1.165) is 22.2 Å². The van der Waals surface area contributed by atoms with Crippen LogP contribution in [-0.4, -0.2) is 10.7 Å². The van der Waals surface area contributed by atoms with E-state index < -0.39 is 5.76 Å². The van der Waals surface area contributed by atoms with Crippen LogP contribution in [0.25, 0.3) is 11.1 Å². The van der Waals surface area contributed by atoms with Crippen LogP contribution in [0.1, 0.15) is 23.6 Å². The van der Waals surface area contributed by atoms with Crippen molar-refractivity contribution in [3.8, 4) is 0 Å².